The Labute approximate surface area is 134 Å². The van der Waals surface area contributed by atoms with Crippen LogP contribution >= 0.6 is 27.3 Å². The predicted octanol–water partition coefficient (Wildman–Crippen LogP) is 3.46. The molecule has 0 saturated heterocycles. The van der Waals surface area contributed by atoms with E-state index in [9.17, 15) is 9.59 Å². The Bertz CT molecular complexity index is 657. The lowest BCUT2D eigenvalue weighted by Gasteiger charge is -2.02. The topological polar surface area (TPSA) is 68.3 Å². The Morgan fingerprint density at radius 1 is 1.43 bits per heavy atom. The lowest BCUT2D eigenvalue weighted by Crippen LogP contribution is -2.20. The van der Waals surface area contributed by atoms with E-state index in [0.29, 0.717) is 5.13 Å². The van der Waals surface area contributed by atoms with Crippen LogP contribution in [-0.4, -0.2) is 23.5 Å². The van der Waals surface area contributed by atoms with Crippen LogP contribution in [0, 0.1) is 0 Å². The fourth-order valence-corrected chi connectivity index (χ4v) is 2.65. The first-order valence-corrected chi connectivity index (χ1v) is 7.92. The minimum Gasteiger partial charge on any atom is -0.456 e. The number of ether oxygens (including phenoxy) is 1. The highest BCUT2D eigenvalue weighted by Crippen LogP contribution is 2.26. The SMILES string of the molecule is CCC(=O)OCC(=O)Nc1nc(-c2cccc(Br)c2)cs1. The highest BCUT2D eigenvalue weighted by molar-refractivity contribution is 9.10. The van der Waals surface area contributed by atoms with Crippen molar-refractivity contribution in [2.75, 3.05) is 11.9 Å². The van der Waals surface area contributed by atoms with Gasteiger partial charge in [0.15, 0.2) is 11.7 Å². The average molecular weight is 369 g/mol. The molecule has 0 atom stereocenters. The fraction of sp³-hybridized carbons (Fsp3) is 0.214. The molecule has 0 unspecified atom stereocenters. The van der Waals surface area contributed by atoms with Crippen LogP contribution in [0.1, 0.15) is 13.3 Å². The summed E-state index contributed by atoms with van der Waals surface area (Å²) in [6.45, 7) is 1.38. The number of aromatic nitrogens is 1. The van der Waals surface area contributed by atoms with E-state index in [-0.39, 0.29) is 13.0 Å². The van der Waals surface area contributed by atoms with Crippen molar-refractivity contribution in [2.45, 2.75) is 13.3 Å². The highest BCUT2D eigenvalue weighted by Gasteiger charge is 2.10. The van der Waals surface area contributed by atoms with Crippen molar-refractivity contribution in [3.8, 4) is 11.3 Å². The third-order valence-corrected chi connectivity index (χ3v) is 3.77. The molecule has 0 aliphatic carbocycles. The molecule has 0 saturated carbocycles. The van der Waals surface area contributed by atoms with Crippen LogP contribution in [-0.2, 0) is 14.3 Å². The molecule has 0 radical (unpaired) electrons. The molecule has 0 spiro atoms. The number of anilines is 1. The number of carbonyl (C=O) groups is 2. The molecule has 21 heavy (non-hydrogen) atoms. The van der Waals surface area contributed by atoms with E-state index in [2.05, 4.69) is 26.2 Å². The number of hydrogen-bond donors (Lipinski definition) is 1. The smallest absolute Gasteiger partial charge is 0.306 e. The third kappa shape index (κ3) is 4.64. The summed E-state index contributed by atoms with van der Waals surface area (Å²) in [6.07, 6.45) is 0.248. The van der Waals surface area contributed by atoms with E-state index in [0.717, 1.165) is 15.7 Å². The van der Waals surface area contributed by atoms with Crippen molar-refractivity contribution < 1.29 is 14.3 Å². The predicted molar refractivity (Wildman–Crippen MR) is 85.1 cm³/mol. The lowest BCUT2D eigenvalue weighted by atomic mass is 10.2. The Kier molecular flexibility index (Phi) is 5.46. The Morgan fingerprint density at radius 3 is 2.95 bits per heavy atom. The van der Waals surface area contributed by atoms with Gasteiger partial charge in [-0.1, -0.05) is 35.0 Å². The number of thiazole rings is 1. The quantitative estimate of drug-likeness (QED) is 0.820. The zero-order valence-corrected chi connectivity index (χ0v) is 13.7. The van der Waals surface area contributed by atoms with Crippen molar-refractivity contribution in [1.29, 1.82) is 0 Å². The van der Waals surface area contributed by atoms with E-state index in [1.54, 1.807) is 6.92 Å². The number of nitrogens with zero attached hydrogens (tertiary/aromatic N) is 1. The first-order valence-electron chi connectivity index (χ1n) is 6.25. The molecule has 1 amide bonds. The van der Waals surface area contributed by atoms with Crippen molar-refractivity contribution >= 4 is 44.3 Å². The second-order valence-corrected chi connectivity index (χ2v) is 5.88. The Balaban J connectivity index is 1.97. The maximum absolute atomic E-state index is 11.6. The van der Waals surface area contributed by atoms with Crippen LogP contribution < -0.4 is 5.32 Å². The van der Waals surface area contributed by atoms with Crippen LogP contribution in [0.5, 0.6) is 0 Å². The zero-order valence-electron chi connectivity index (χ0n) is 11.3. The van der Waals surface area contributed by atoms with Crippen LogP contribution in [0.25, 0.3) is 11.3 Å². The van der Waals surface area contributed by atoms with Gasteiger partial charge in [0.2, 0.25) is 0 Å². The number of benzene rings is 1. The summed E-state index contributed by atoms with van der Waals surface area (Å²) in [5, 5.41) is 4.94. The van der Waals surface area contributed by atoms with Gasteiger partial charge in [-0.3, -0.25) is 14.9 Å². The van der Waals surface area contributed by atoms with Crippen molar-refractivity contribution in [3.05, 3.63) is 34.1 Å². The first kappa shape index (κ1) is 15.7. The summed E-state index contributed by atoms with van der Waals surface area (Å²) >= 11 is 4.72. The molecule has 0 fully saturated rings. The lowest BCUT2D eigenvalue weighted by molar-refractivity contribution is -0.146. The van der Waals surface area contributed by atoms with Gasteiger partial charge in [0.05, 0.1) is 5.69 Å². The standard InChI is InChI=1S/C14H13BrN2O3S/c1-2-13(19)20-7-12(18)17-14-16-11(8-21-14)9-4-3-5-10(15)6-9/h3-6,8H,2,7H2,1H3,(H,16,17,18). The van der Waals surface area contributed by atoms with E-state index < -0.39 is 11.9 Å². The molecule has 2 aromatic rings. The molecule has 1 N–H and O–H groups in total. The van der Waals surface area contributed by atoms with Crippen molar-refractivity contribution in [2.24, 2.45) is 0 Å². The molecule has 2 rings (SSSR count). The first-order chi connectivity index (χ1) is 10.1. The number of amides is 1. The van der Waals surface area contributed by atoms with Gasteiger partial charge in [0.1, 0.15) is 0 Å². The van der Waals surface area contributed by atoms with Crippen LogP contribution in [0.2, 0.25) is 0 Å². The molecule has 5 nitrogen and oxygen atoms in total. The van der Waals surface area contributed by atoms with Crippen LogP contribution in [0.3, 0.4) is 0 Å². The number of hydrogen-bond acceptors (Lipinski definition) is 5. The Hall–Kier alpha value is -1.73. The summed E-state index contributed by atoms with van der Waals surface area (Å²) in [4.78, 5) is 26.9. The molecule has 0 aliphatic heterocycles. The second kappa shape index (κ2) is 7.33. The zero-order chi connectivity index (χ0) is 15.2. The highest BCUT2D eigenvalue weighted by atomic mass is 79.9. The van der Waals surface area contributed by atoms with Crippen LogP contribution in [0.4, 0.5) is 5.13 Å². The monoisotopic (exact) mass is 368 g/mol. The van der Waals surface area contributed by atoms with Gasteiger partial charge in [0.25, 0.3) is 5.91 Å². The number of nitrogens with one attached hydrogen (secondary N) is 1. The minimum absolute atomic E-state index is 0.248. The summed E-state index contributed by atoms with van der Waals surface area (Å²) in [5.74, 6) is -0.800. The minimum atomic E-state index is -0.404. The van der Waals surface area contributed by atoms with Gasteiger partial charge in [-0.15, -0.1) is 11.3 Å². The average Bonchev–Trinajstić information content (AvgIpc) is 2.93. The number of carbonyl (C=O) groups excluding carboxylic acids is 2. The van der Waals surface area contributed by atoms with Gasteiger partial charge in [-0.25, -0.2) is 4.98 Å². The fourth-order valence-electron chi connectivity index (χ4n) is 1.52. The molecule has 1 heterocycles. The van der Waals surface area contributed by atoms with Gasteiger partial charge < -0.3 is 4.74 Å². The molecule has 1 aromatic carbocycles. The maximum Gasteiger partial charge on any atom is 0.306 e. The van der Waals surface area contributed by atoms with E-state index in [4.69, 9.17) is 4.74 Å². The van der Waals surface area contributed by atoms with Gasteiger partial charge >= 0.3 is 5.97 Å². The molecule has 7 heteroatoms. The summed E-state index contributed by atoms with van der Waals surface area (Å²) in [5.41, 5.74) is 1.74. The molecule has 1 aromatic heterocycles. The normalized spacial score (nSPS) is 10.2. The van der Waals surface area contributed by atoms with Gasteiger partial charge in [-0.2, -0.15) is 0 Å². The summed E-state index contributed by atoms with van der Waals surface area (Å²) < 4.78 is 5.72. The third-order valence-electron chi connectivity index (χ3n) is 2.52. The Morgan fingerprint density at radius 2 is 2.24 bits per heavy atom. The van der Waals surface area contributed by atoms with E-state index in [1.807, 2.05) is 29.6 Å². The summed E-state index contributed by atoms with van der Waals surface area (Å²) in [7, 11) is 0. The molecular weight excluding hydrogens is 356 g/mol. The molecule has 0 bridgehead atoms. The number of esters is 1. The number of halogens is 1. The molecule has 0 aliphatic rings. The second-order valence-electron chi connectivity index (χ2n) is 4.11. The molecular formula is C14H13BrN2O3S. The van der Waals surface area contributed by atoms with Crippen molar-refractivity contribution in [3.63, 3.8) is 0 Å². The van der Waals surface area contributed by atoms with Gasteiger partial charge in [-0.05, 0) is 12.1 Å². The number of rotatable bonds is 5. The van der Waals surface area contributed by atoms with E-state index in [1.165, 1.54) is 11.3 Å². The summed E-state index contributed by atoms with van der Waals surface area (Å²) in [6, 6.07) is 7.74. The van der Waals surface area contributed by atoms with Crippen LogP contribution in [0.15, 0.2) is 34.1 Å². The molecule has 110 valence electrons. The van der Waals surface area contributed by atoms with Gasteiger partial charge in [0, 0.05) is 21.8 Å². The van der Waals surface area contributed by atoms with Crippen molar-refractivity contribution in [1.82, 2.24) is 4.98 Å². The maximum atomic E-state index is 11.6. The largest absolute Gasteiger partial charge is 0.456 e. The van der Waals surface area contributed by atoms with E-state index >= 15 is 0 Å².